The molecule has 0 saturated heterocycles. The Bertz CT molecular complexity index is 266. The van der Waals surface area contributed by atoms with Gasteiger partial charge in [0.05, 0.1) is 0 Å². The molecule has 11 heavy (non-hydrogen) atoms. The minimum atomic E-state index is -0.494. The van der Waals surface area contributed by atoms with Crippen molar-refractivity contribution in [1.29, 1.82) is 0 Å². The van der Waals surface area contributed by atoms with Crippen LogP contribution >= 0.6 is 12.2 Å². The van der Waals surface area contributed by atoms with Crippen LogP contribution in [0.25, 0.3) is 0 Å². The van der Waals surface area contributed by atoms with Gasteiger partial charge in [-0.25, -0.2) is 4.99 Å². The first-order valence-electron chi connectivity index (χ1n) is 3.19. The quantitative estimate of drug-likeness (QED) is 0.452. The molecule has 3 nitrogen and oxygen atoms in total. The summed E-state index contributed by atoms with van der Waals surface area (Å²) >= 11 is 4.64. The van der Waals surface area contributed by atoms with Crippen LogP contribution < -0.4 is 0 Å². The molecule has 58 valence electrons. The molecule has 0 radical (unpaired) electrons. The molecule has 0 amide bonds. The highest BCUT2D eigenvalue weighted by Crippen LogP contribution is 2.16. The monoisotopic (exact) mass is 168 g/mol. The predicted molar refractivity (Wildman–Crippen MR) is 48.7 cm³/mol. The Morgan fingerprint density at radius 3 is 2.45 bits per heavy atom. The third-order valence-electron chi connectivity index (χ3n) is 1.47. The summed E-state index contributed by atoms with van der Waals surface area (Å²) in [5.41, 5.74) is -0.0551. The summed E-state index contributed by atoms with van der Waals surface area (Å²) < 4.78 is 0. The molecule has 0 aliphatic carbocycles. The summed E-state index contributed by atoms with van der Waals surface area (Å²) in [5, 5.41) is 1.37. The zero-order valence-electron chi connectivity index (χ0n) is 6.37. The number of aldehydes is 1. The largest absolute Gasteiger partial charge is 0.296 e. The maximum Gasteiger partial charge on any atom is 0.166 e. The van der Waals surface area contributed by atoms with Gasteiger partial charge in [-0.15, -0.1) is 0 Å². The average molecular weight is 168 g/mol. The SMILES string of the molecule is CC1(C)N=C(C=S)N=C1C=O. The van der Waals surface area contributed by atoms with E-state index in [-0.39, 0.29) is 0 Å². The lowest BCUT2D eigenvalue weighted by atomic mass is 10.0. The highest BCUT2D eigenvalue weighted by Gasteiger charge is 2.29. The smallest absolute Gasteiger partial charge is 0.166 e. The maximum atomic E-state index is 10.4. The molecule has 0 N–H and O–H groups in total. The van der Waals surface area contributed by atoms with Crippen molar-refractivity contribution in [2.24, 2.45) is 9.98 Å². The van der Waals surface area contributed by atoms with Crippen molar-refractivity contribution in [2.45, 2.75) is 19.4 Å². The Labute approximate surface area is 70.2 Å². The molecule has 1 rings (SSSR count). The molecule has 0 aromatic carbocycles. The van der Waals surface area contributed by atoms with Crippen molar-refractivity contribution in [3.8, 4) is 0 Å². The van der Waals surface area contributed by atoms with Crippen molar-refractivity contribution in [3.63, 3.8) is 0 Å². The highest BCUT2D eigenvalue weighted by atomic mass is 32.1. The van der Waals surface area contributed by atoms with Crippen molar-refractivity contribution in [3.05, 3.63) is 0 Å². The molecular weight excluding hydrogens is 160 g/mol. The molecule has 0 saturated carbocycles. The molecule has 0 aromatic rings. The van der Waals surface area contributed by atoms with Crippen LogP contribution in [0.2, 0.25) is 0 Å². The van der Waals surface area contributed by atoms with E-state index >= 15 is 0 Å². The molecule has 4 heteroatoms. The number of rotatable bonds is 2. The zero-order chi connectivity index (χ0) is 8.48. The van der Waals surface area contributed by atoms with E-state index in [1.54, 1.807) is 0 Å². The van der Waals surface area contributed by atoms with Crippen molar-refractivity contribution in [2.75, 3.05) is 0 Å². The number of hydrogen-bond donors (Lipinski definition) is 0. The van der Waals surface area contributed by atoms with Crippen LogP contribution in [0.5, 0.6) is 0 Å². The molecule has 0 aromatic heterocycles. The lowest BCUT2D eigenvalue weighted by Crippen LogP contribution is -2.27. The molecule has 0 spiro atoms. The Balaban J connectivity index is 3.04. The van der Waals surface area contributed by atoms with Gasteiger partial charge in [0, 0.05) is 5.37 Å². The van der Waals surface area contributed by atoms with Crippen LogP contribution in [-0.2, 0) is 4.79 Å². The summed E-state index contributed by atoms with van der Waals surface area (Å²) in [6.07, 6.45) is 0.718. The normalized spacial score (nSPS) is 20.5. The third kappa shape index (κ3) is 1.40. The van der Waals surface area contributed by atoms with Gasteiger partial charge in [0.25, 0.3) is 0 Å². The lowest BCUT2D eigenvalue weighted by molar-refractivity contribution is -0.102. The Hall–Kier alpha value is -0.900. The van der Waals surface area contributed by atoms with E-state index < -0.39 is 5.54 Å². The fourth-order valence-electron chi connectivity index (χ4n) is 0.852. The fourth-order valence-corrected chi connectivity index (χ4v) is 0.958. The van der Waals surface area contributed by atoms with Gasteiger partial charge in [-0.05, 0) is 13.8 Å². The van der Waals surface area contributed by atoms with Crippen molar-refractivity contribution in [1.82, 2.24) is 0 Å². The predicted octanol–water partition coefficient (Wildman–Crippen LogP) is 0.817. The van der Waals surface area contributed by atoms with Gasteiger partial charge in [0.15, 0.2) is 12.1 Å². The van der Waals surface area contributed by atoms with E-state index in [1.165, 1.54) is 5.37 Å². The number of thiocarbonyl (C=S) groups is 1. The zero-order valence-corrected chi connectivity index (χ0v) is 7.18. The minimum absolute atomic E-state index is 0.439. The summed E-state index contributed by atoms with van der Waals surface area (Å²) in [6, 6.07) is 0. The van der Waals surface area contributed by atoms with Gasteiger partial charge in [0.2, 0.25) is 0 Å². The molecule has 0 fully saturated rings. The third-order valence-corrected chi connectivity index (χ3v) is 1.68. The maximum absolute atomic E-state index is 10.4. The van der Waals surface area contributed by atoms with Crippen LogP contribution in [0.3, 0.4) is 0 Å². The van der Waals surface area contributed by atoms with Crippen LogP contribution in [0.4, 0.5) is 0 Å². The second kappa shape index (κ2) is 2.62. The lowest BCUT2D eigenvalue weighted by Gasteiger charge is -2.11. The molecular formula is C7H8N2OS. The average Bonchev–Trinajstić information content (AvgIpc) is 2.24. The minimum Gasteiger partial charge on any atom is -0.296 e. The van der Waals surface area contributed by atoms with Crippen LogP contribution in [0.1, 0.15) is 13.8 Å². The molecule has 0 bridgehead atoms. The summed E-state index contributed by atoms with van der Waals surface area (Å²) in [5.74, 6) is 0.465. The van der Waals surface area contributed by atoms with Gasteiger partial charge < -0.3 is 0 Å². The Morgan fingerprint density at radius 1 is 1.55 bits per heavy atom. The van der Waals surface area contributed by atoms with E-state index in [0.717, 1.165) is 6.29 Å². The standard InChI is InChI=1S/C7H8N2OS/c1-7(2)5(3-10)8-6(4-11)9-7/h3-4H,1-2H3. The second-order valence-electron chi connectivity index (χ2n) is 2.76. The van der Waals surface area contributed by atoms with Gasteiger partial charge in [-0.1, -0.05) is 12.2 Å². The fraction of sp³-hybridized carbons (Fsp3) is 0.429. The number of nitrogens with zero attached hydrogens (tertiary/aromatic N) is 2. The number of hydrogen-bond acceptors (Lipinski definition) is 4. The van der Waals surface area contributed by atoms with E-state index in [1.807, 2.05) is 13.8 Å². The van der Waals surface area contributed by atoms with Gasteiger partial charge in [-0.2, -0.15) is 0 Å². The number of carbonyl (C=O) groups is 1. The van der Waals surface area contributed by atoms with E-state index in [9.17, 15) is 4.79 Å². The van der Waals surface area contributed by atoms with E-state index in [2.05, 4.69) is 22.2 Å². The van der Waals surface area contributed by atoms with E-state index in [4.69, 9.17) is 0 Å². The molecule has 0 unspecified atom stereocenters. The first-order chi connectivity index (χ1) is 5.10. The first kappa shape index (κ1) is 8.20. The summed E-state index contributed by atoms with van der Waals surface area (Å²) in [6.45, 7) is 3.65. The Kier molecular flexibility index (Phi) is 1.95. The molecule has 0 atom stereocenters. The topological polar surface area (TPSA) is 41.8 Å². The second-order valence-corrected chi connectivity index (χ2v) is 3.00. The summed E-state index contributed by atoms with van der Waals surface area (Å²) in [7, 11) is 0. The van der Waals surface area contributed by atoms with E-state index in [0.29, 0.717) is 11.5 Å². The van der Waals surface area contributed by atoms with Crippen LogP contribution in [-0.4, -0.2) is 28.7 Å². The first-order valence-corrected chi connectivity index (χ1v) is 3.66. The molecule has 1 heterocycles. The molecule has 1 aliphatic heterocycles. The van der Waals surface area contributed by atoms with Crippen molar-refractivity contribution < 1.29 is 4.79 Å². The number of amidine groups is 1. The van der Waals surface area contributed by atoms with Crippen LogP contribution in [0, 0.1) is 0 Å². The van der Waals surface area contributed by atoms with Gasteiger partial charge in [-0.3, -0.25) is 9.79 Å². The van der Waals surface area contributed by atoms with Crippen molar-refractivity contribution >= 4 is 35.4 Å². The van der Waals surface area contributed by atoms with Gasteiger partial charge in [0.1, 0.15) is 11.3 Å². The summed E-state index contributed by atoms with van der Waals surface area (Å²) in [4.78, 5) is 18.5. The molecule has 1 aliphatic rings. The number of carbonyl (C=O) groups excluding carboxylic acids is 1. The number of aliphatic imine (C=N–C) groups is 2. The highest BCUT2D eigenvalue weighted by molar-refractivity contribution is 7.80. The Morgan fingerprint density at radius 2 is 2.18 bits per heavy atom. The van der Waals surface area contributed by atoms with Gasteiger partial charge >= 0.3 is 0 Å². The van der Waals surface area contributed by atoms with Crippen LogP contribution in [0.15, 0.2) is 9.98 Å².